The van der Waals surface area contributed by atoms with Crippen LogP contribution >= 0.6 is 0 Å². The molecule has 1 aromatic carbocycles. The fourth-order valence-electron chi connectivity index (χ4n) is 1.37. The summed E-state index contributed by atoms with van der Waals surface area (Å²) < 4.78 is 37.1. The molecular weight excluding hydrogens is 284 g/mol. The monoisotopic (exact) mass is 304 g/mol. The molecule has 0 radical (unpaired) electrons. The molecule has 19 heavy (non-hydrogen) atoms. The van der Waals surface area contributed by atoms with Gasteiger partial charge >= 0.3 is 0 Å². The van der Waals surface area contributed by atoms with Gasteiger partial charge in [0.2, 0.25) is 10.0 Å². The third-order valence-corrected chi connectivity index (χ3v) is 5.12. The van der Waals surface area contributed by atoms with E-state index >= 15 is 0 Å². The van der Waals surface area contributed by atoms with Crippen LogP contribution in [0.4, 0.5) is 0 Å². The minimum absolute atomic E-state index is 0.0557. The van der Waals surface area contributed by atoms with Crippen molar-refractivity contribution in [1.29, 1.82) is 0 Å². The smallest absolute Gasteiger partial charge is 0.238 e. The van der Waals surface area contributed by atoms with Gasteiger partial charge in [0.15, 0.2) is 0 Å². The topological polar surface area (TPSA) is 95.2 Å². The highest BCUT2D eigenvalue weighted by Crippen LogP contribution is 2.21. The highest BCUT2D eigenvalue weighted by atomic mass is 32.2. The Hall–Kier alpha value is -0.600. The molecule has 1 rings (SSSR count). The van der Waals surface area contributed by atoms with Gasteiger partial charge in [-0.1, -0.05) is 12.1 Å². The molecule has 3 N–H and O–H groups in total. The minimum atomic E-state index is -3.72. The van der Waals surface area contributed by atoms with E-state index in [1.54, 1.807) is 12.1 Å². The van der Waals surface area contributed by atoms with Crippen molar-refractivity contribution >= 4 is 21.4 Å². The van der Waals surface area contributed by atoms with Crippen molar-refractivity contribution in [3.8, 4) is 0 Å². The zero-order valence-corrected chi connectivity index (χ0v) is 13.1. The van der Waals surface area contributed by atoms with E-state index in [4.69, 9.17) is 5.14 Å². The number of hydrogen-bond acceptors (Lipinski definition) is 4. The van der Waals surface area contributed by atoms with E-state index in [0.717, 1.165) is 5.56 Å². The van der Waals surface area contributed by atoms with Crippen LogP contribution in [0.1, 0.15) is 39.3 Å². The molecule has 1 unspecified atom stereocenters. The average Bonchev–Trinajstić information content (AvgIpc) is 2.26. The summed E-state index contributed by atoms with van der Waals surface area (Å²) in [6.07, 6.45) is 0. The van der Waals surface area contributed by atoms with Crippen molar-refractivity contribution in [2.45, 2.75) is 43.4 Å². The van der Waals surface area contributed by atoms with Crippen molar-refractivity contribution in [1.82, 2.24) is 4.72 Å². The third kappa shape index (κ3) is 4.77. The largest absolute Gasteiger partial charge is 0.598 e. The van der Waals surface area contributed by atoms with E-state index in [1.165, 1.54) is 12.1 Å². The second-order valence-electron chi connectivity index (χ2n) is 5.34. The fourth-order valence-corrected chi connectivity index (χ4v) is 2.75. The Labute approximate surface area is 118 Å². The number of rotatable bonds is 4. The van der Waals surface area contributed by atoms with E-state index in [9.17, 15) is 13.0 Å². The van der Waals surface area contributed by atoms with Crippen molar-refractivity contribution in [2.24, 2.45) is 5.14 Å². The molecule has 0 amide bonds. The summed E-state index contributed by atoms with van der Waals surface area (Å²) in [5.41, 5.74) is 0.726. The highest BCUT2D eigenvalue weighted by Gasteiger charge is 2.28. The number of benzene rings is 1. The lowest BCUT2D eigenvalue weighted by molar-refractivity contribution is 0.531. The zero-order chi connectivity index (χ0) is 14.8. The SMILES string of the molecule is C[C@H](N[S+]([O-])C(C)(C)C)c1cccc(S(N)(=O)=O)c1. The predicted molar refractivity (Wildman–Crippen MR) is 77.3 cm³/mol. The molecule has 0 bridgehead atoms. The molecule has 2 atom stereocenters. The number of sulfonamides is 1. The maximum absolute atomic E-state index is 12.0. The molecule has 0 spiro atoms. The Balaban J connectivity index is 2.93. The number of primary sulfonamides is 1. The molecule has 1 aromatic rings. The standard InChI is InChI=1S/C12H20N2O3S2/c1-9(14-18(15)12(2,3)4)10-6-5-7-11(8-10)19(13,16)17/h5-9,14H,1-4H3,(H2,13,16,17)/t9-,18?/m0/s1. The second-order valence-corrected chi connectivity index (χ2v) is 8.90. The molecule has 5 nitrogen and oxygen atoms in total. The quantitative estimate of drug-likeness (QED) is 0.823. The van der Waals surface area contributed by atoms with Crippen LogP contribution in [-0.4, -0.2) is 17.7 Å². The Morgan fingerprint density at radius 1 is 1.37 bits per heavy atom. The summed E-state index contributed by atoms with van der Waals surface area (Å²) in [5, 5.41) is 5.09. The van der Waals surface area contributed by atoms with Crippen LogP contribution < -0.4 is 9.86 Å². The summed E-state index contributed by atoms with van der Waals surface area (Å²) in [5.74, 6) is 0. The summed E-state index contributed by atoms with van der Waals surface area (Å²) in [7, 11) is -3.72. The van der Waals surface area contributed by atoms with Crippen LogP contribution in [0.25, 0.3) is 0 Å². The van der Waals surface area contributed by atoms with Gasteiger partial charge in [-0.15, -0.1) is 4.72 Å². The molecule has 0 fully saturated rings. The molecule has 0 aliphatic rings. The van der Waals surface area contributed by atoms with Gasteiger partial charge in [-0.25, -0.2) is 13.6 Å². The van der Waals surface area contributed by atoms with Gasteiger partial charge in [-0.3, -0.25) is 0 Å². The Morgan fingerprint density at radius 2 is 1.95 bits per heavy atom. The lowest BCUT2D eigenvalue weighted by Gasteiger charge is -2.26. The van der Waals surface area contributed by atoms with Crippen molar-refractivity contribution in [2.75, 3.05) is 0 Å². The van der Waals surface area contributed by atoms with Crippen LogP contribution in [0.2, 0.25) is 0 Å². The van der Waals surface area contributed by atoms with Crippen LogP contribution in [-0.2, 0) is 21.4 Å². The molecule has 0 aliphatic carbocycles. The number of nitrogens with one attached hydrogen (secondary N) is 1. The molecule has 0 aliphatic heterocycles. The van der Waals surface area contributed by atoms with E-state index in [-0.39, 0.29) is 15.7 Å². The molecular formula is C12H20N2O3S2. The zero-order valence-electron chi connectivity index (χ0n) is 11.5. The van der Waals surface area contributed by atoms with Gasteiger partial charge in [-0.05, 0) is 45.4 Å². The van der Waals surface area contributed by atoms with Crippen LogP contribution in [0.3, 0.4) is 0 Å². The number of nitrogens with two attached hydrogens (primary N) is 1. The summed E-state index contributed by atoms with van der Waals surface area (Å²) >= 11 is -1.23. The maximum Gasteiger partial charge on any atom is 0.238 e. The average molecular weight is 304 g/mol. The lowest BCUT2D eigenvalue weighted by atomic mass is 10.1. The Kier molecular flexibility index (Phi) is 5.02. The van der Waals surface area contributed by atoms with Gasteiger partial charge < -0.3 is 4.55 Å². The minimum Gasteiger partial charge on any atom is -0.598 e. The first-order chi connectivity index (χ1) is 8.51. The molecule has 0 aromatic heterocycles. The summed E-state index contributed by atoms with van der Waals surface area (Å²) in [6.45, 7) is 7.42. The van der Waals surface area contributed by atoms with Gasteiger partial charge in [-0.2, -0.15) is 0 Å². The van der Waals surface area contributed by atoms with Crippen molar-refractivity contribution in [3.05, 3.63) is 29.8 Å². The molecule has 0 saturated carbocycles. The van der Waals surface area contributed by atoms with Crippen LogP contribution in [0, 0.1) is 0 Å². The van der Waals surface area contributed by atoms with E-state index < -0.39 is 21.4 Å². The van der Waals surface area contributed by atoms with Gasteiger partial charge in [0, 0.05) is 11.4 Å². The van der Waals surface area contributed by atoms with Crippen molar-refractivity contribution < 1.29 is 13.0 Å². The van der Waals surface area contributed by atoms with Crippen LogP contribution in [0.5, 0.6) is 0 Å². The molecule has 108 valence electrons. The first-order valence-corrected chi connectivity index (χ1v) is 8.52. The molecule has 7 heteroatoms. The predicted octanol–water partition coefficient (Wildman–Crippen LogP) is 1.45. The van der Waals surface area contributed by atoms with Gasteiger partial charge in [0.1, 0.15) is 4.75 Å². The van der Waals surface area contributed by atoms with E-state index in [1.807, 2.05) is 27.7 Å². The van der Waals surface area contributed by atoms with Gasteiger partial charge in [0.05, 0.1) is 10.9 Å². The Bertz CT molecular complexity index is 538. The fraction of sp³-hybridized carbons (Fsp3) is 0.500. The van der Waals surface area contributed by atoms with Gasteiger partial charge in [0.25, 0.3) is 0 Å². The van der Waals surface area contributed by atoms with Crippen LogP contribution in [0.15, 0.2) is 29.2 Å². The first kappa shape index (κ1) is 16.5. The first-order valence-electron chi connectivity index (χ1n) is 5.82. The molecule has 0 heterocycles. The lowest BCUT2D eigenvalue weighted by Crippen LogP contribution is -2.40. The second kappa shape index (κ2) is 5.80. The summed E-state index contributed by atoms with van der Waals surface area (Å²) in [4.78, 5) is 0.0557. The molecule has 0 saturated heterocycles. The normalized spacial score (nSPS) is 16.1. The van der Waals surface area contributed by atoms with E-state index in [0.29, 0.717) is 0 Å². The third-order valence-electron chi connectivity index (χ3n) is 2.53. The van der Waals surface area contributed by atoms with E-state index in [2.05, 4.69) is 4.72 Å². The number of hydrogen-bond donors (Lipinski definition) is 2. The van der Waals surface area contributed by atoms with Crippen molar-refractivity contribution in [3.63, 3.8) is 0 Å². The summed E-state index contributed by atoms with van der Waals surface area (Å²) in [6, 6.07) is 6.08. The highest BCUT2D eigenvalue weighted by molar-refractivity contribution is 7.90. The maximum atomic E-state index is 12.0. The Morgan fingerprint density at radius 3 is 2.42 bits per heavy atom.